The first-order valence-corrected chi connectivity index (χ1v) is 8.83. The minimum Gasteiger partial charge on any atom is -0.360 e. The van der Waals surface area contributed by atoms with Gasteiger partial charge in [-0.25, -0.2) is 9.50 Å². The number of anilines is 1. The molecule has 4 rings (SSSR count). The van der Waals surface area contributed by atoms with Crippen molar-refractivity contribution in [3.8, 4) is 10.6 Å². The lowest BCUT2D eigenvalue weighted by Crippen LogP contribution is -2.15. The fourth-order valence-electron chi connectivity index (χ4n) is 2.44. The number of fused-ring (bicyclic) bond motifs is 1. The first kappa shape index (κ1) is 17.6. The molecule has 0 atom stereocenters. The topological polar surface area (TPSA) is 85.3 Å². The number of carbonyl (C=O) groups is 1. The number of rotatable bonds is 4. The van der Waals surface area contributed by atoms with Crippen LogP contribution < -0.4 is 5.32 Å². The maximum Gasteiger partial charge on any atom is 0.364 e. The average Bonchev–Trinajstić information content (AvgIpc) is 3.32. The molecule has 0 unspecified atom stereocenters. The number of alkyl halides is 3. The third-order valence-electron chi connectivity index (χ3n) is 3.59. The number of carbonyl (C=O) groups excluding carboxylic acids is 1. The molecule has 0 fully saturated rings. The fraction of sp³-hybridized carbons (Fsp3) is 0.125. The number of nitrogens with zero attached hydrogens (tertiary/aromatic N) is 4. The van der Waals surface area contributed by atoms with Gasteiger partial charge in [-0.3, -0.25) is 4.79 Å². The second kappa shape index (κ2) is 6.39. The smallest absolute Gasteiger partial charge is 0.360 e. The Bertz CT molecular complexity index is 1130. The van der Waals surface area contributed by atoms with Crippen LogP contribution in [0.25, 0.3) is 16.2 Å². The molecule has 0 aliphatic carbocycles. The number of nitrogens with one attached hydrogen (secondary N) is 1. The molecule has 4 aromatic rings. The third-order valence-corrected chi connectivity index (χ3v) is 4.68. The molecule has 0 aliphatic heterocycles. The zero-order valence-corrected chi connectivity index (χ0v) is 15.2. The van der Waals surface area contributed by atoms with Crippen LogP contribution in [0.1, 0.15) is 21.9 Å². The van der Waals surface area contributed by atoms with Crippen molar-refractivity contribution >= 4 is 40.3 Å². The number of thiophene rings is 1. The molecule has 4 aromatic heterocycles. The van der Waals surface area contributed by atoms with Crippen LogP contribution in [-0.2, 0) is 5.38 Å². The largest absolute Gasteiger partial charge is 0.364 e. The SMILES string of the molecule is Cc1cc(NC(=O)c2cc3nc(-c4cccs4)cc(C(F)(F)Cl)n3n2)no1. The van der Waals surface area contributed by atoms with Crippen LogP contribution in [-0.4, -0.2) is 25.7 Å². The monoisotopic (exact) mass is 409 g/mol. The Balaban J connectivity index is 1.79. The Morgan fingerprint density at radius 1 is 1.37 bits per heavy atom. The van der Waals surface area contributed by atoms with Crippen LogP contribution in [0.4, 0.5) is 14.6 Å². The molecule has 138 valence electrons. The van der Waals surface area contributed by atoms with E-state index >= 15 is 0 Å². The normalized spacial score (nSPS) is 11.9. The highest BCUT2D eigenvalue weighted by Gasteiger charge is 2.33. The zero-order chi connectivity index (χ0) is 19.2. The van der Waals surface area contributed by atoms with Gasteiger partial charge >= 0.3 is 5.38 Å². The summed E-state index contributed by atoms with van der Waals surface area (Å²) in [6.45, 7) is 1.67. The molecular formula is C16H10ClF2N5O2S. The molecule has 11 heteroatoms. The molecule has 27 heavy (non-hydrogen) atoms. The Kier molecular flexibility index (Phi) is 4.16. The zero-order valence-electron chi connectivity index (χ0n) is 13.6. The summed E-state index contributed by atoms with van der Waals surface area (Å²) in [5, 5.41) is 8.15. The van der Waals surface area contributed by atoms with Gasteiger partial charge in [0, 0.05) is 12.1 Å². The van der Waals surface area contributed by atoms with Gasteiger partial charge in [0.1, 0.15) is 11.5 Å². The summed E-state index contributed by atoms with van der Waals surface area (Å²) in [7, 11) is 0. The summed E-state index contributed by atoms with van der Waals surface area (Å²) in [6, 6.07) is 7.49. The summed E-state index contributed by atoms with van der Waals surface area (Å²) in [5.41, 5.74) is -0.327. The van der Waals surface area contributed by atoms with Crippen LogP contribution in [0.15, 0.2) is 40.2 Å². The lowest BCUT2D eigenvalue weighted by molar-refractivity contribution is 0.0869. The summed E-state index contributed by atoms with van der Waals surface area (Å²) in [5.74, 6) is 0.0478. The molecule has 0 aliphatic rings. The molecule has 0 aromatic carbocycles. The predicted octanol–water partition coefficient (Wildman–Crippen LogP) is 4.29. The first-order chi connectivity index (χ1) is 12.8. The van der Waals surface area contributed by atoms with E-state index in [1.807, 2.05) is 0 Å². The Labute approximate surface area is 159 Å². The molecule has 0 radical (unpaired) electrons. The van der Waals surface area contributed by atoms with Gasteiger partial charge in [-0.2, -0.15) is 13.9 Å². The molecular weight excluding hydrogens is 400 g/mol. The summed E-state index contributed by atoms with van der Waals surface area (Å²) >= 11 is 6.59. The third kappa shape index (κ3) is 3.40. The van der Waals surface area contributed by atoms with Crippen molar-refractivity contribution in [3.63, 3.8) is 0 Å². The highest BCUT2D eigenvalue weighted by molar-refractivity contribution is 7.13. The van der Waals surface area contributed by atoms with E-state index in [9.17, 15) is 13.6 Å². The van der Waals surface area contributed by atoms with Crippen molar-refractivity contribution in [2.24, 2.45) is 0 Å². The summed E-state index contributed by atoms with van der Waals surface area (Å²) in [6.07, 6.45) is 0. The second-order valence-corrected chi connectivity index (χ2v) is 7.00. The predicted molar refractivity (Wildman–Crippen MR) is 95.2 cm³/mol. The number of aryl methyl sites for hydroxylation is 1. The number of halogens is 3. The van der Waals surface area contributed by atoms with E-state index in [4.69, 9.17) is 16.1 Å². The molecule has 0 saturated heterocycles. The van der Waals surface area contributed by atoms with Gasteiger partial charge in [-0.15, -0.1) is 11.3 Å². The lowest BCUT2D eigenvalue weighted by atomic mass is 10.2. The summed E-state index contributed by atoms with van der Waals surface area (Å²) in [4.78, 5) is 17.3. The van der Waals surface area contributed by atoms with Crippen molar-refractivity contribution in [1.29, 1.82) is 0 Å². The number of amides is 1. The van der Waals surface area contributed by atoms with Crippen molar-refractivity contribution in [1.82, 2.24) is 19.8 Å². The first-order valence-electron chi connectivity index (χ1n) is 7.58. The highest BCUT2D eigenvalue weighted by atomic mass is 35.5. The van der Waals surface area contributed by atoms with Crippen LogP contribution in [0.2, 0.25) is 0 Å². The van der Waals surface area contributed by atoms with Gasteiger partial charge in [0.25, 0.3) is 5.91 Å². The van der Waals surface area contributed by atoms with Gasteiger partial charge < -0.3 is 9.84 Å². The minimum absolute atomic E-state index is 0.0673. The van der Waals surface area contributed by atoms with E-state index in [1.54, 1.807) is 24.4 Å². The van der Waals surface area contributed by atoms with Gasteiger partial charge in [0.2, 0.25) is 0 Å². The standard InChI is InChI=1S/C16H10ClF2N5O2S/c1-8-5-13(23-26-8)21-15(25)10-7-14-20-9(11-3-2-4-27-11)6-12(16(17,18)19)24(14)22-10/h2-7H,1H3,(H,21,23,25). The van der Waals surface area contributed by atoms with Gasteiger partial charge in [0.05, 0.1) is 10.6 Å². The van der Waals surface area contributed by atoms with E-state index in [1.165, 1.54) is 23.5 Å². The second-order valence-electron chi connectivity index (χ2n) is 5.58. The Morgan fingerprint density at radius 2 is 2.19 bits per heavy atom. The van der Waals surface area contributed by atoms with E-state index in [-0.39, 0.29) is 17.2 Å². The van der Waals surface area contributed by atoms with Crippen LogP contribution in [0.3, 0.4) is 0 Å². The Hall–Kier alpha value is -2.85. The molecule has 1 amide bonds. The van der Waals surface area contributed by atoms with Crippen molar-refractivity contribution in [2.45, 2.75) is 12.3 Å². The number of hydrogen-bond donors (Lipinski definition) is 1. The van der Waals surface area contributed by atoms with E-state index < -0.39 is 17.0 Å². The summed E-state index contributed by atoms with van der Waals surface area (Å²) < 4.78 is 33.6. The lowest BCUT2D eigenvalue weighted by Gasteiger charge is -2.11. The molecule has 7 nitrogen and oxygen atoms in total. The number of hydrogen-bond acceptors (Lipinski definition) is 6. The van der Waals surface area contributed by atoms with E-state index in [0.717, 1.165) is 10.6 Å². The van der Waals surface area contributed by atoms with E-state index in [2.05, 4.69) is 20.6 Å². The molecule has 0 saturated carbocycles. The van der Waals surface area contributed by atoms with Gasteiger partial charge in [0.15, 0.2) is 17.2 Å². The molecule has 4 heterocycles. The average molecular weight is 410 g/mol. The van der Waals surface area contributed by atoms with Crippen molar-refractivity contribution < 1.29 is 18.1 Å². The highest BCUT2D eigenvalue weighted by Crippen LogP contribution is 2.35. The van der Waals surface area contributed by atoms with Crippen molar-refractivity contribution in [2.75, 3.05) is 5.32 Å². The van der Waals surface area contributed by atoms with Gasteiger partial charge in [-0.1, -0.05) is 11.2 Å². The molecule has 0 spiro atoms. The van der Waals surface area contributed by atoms with E-state index in [0.29, 0.717) is 16.3 Å². The molecule has 0 bridgehead atoms. The van der Waals surface area contributed by atoms with Crippen LogP contribution >= 0.6 is 22.9 Å². The van der Waals surface area contributed by atoms with Crippen LogP contribution in [0, 0.1) is 6.92 Å². The van der Waals surface area contributed by atoms with Crippen LogP contribution in [0.5, 0.6) is 0 Å². The van der Waals surface area contributed by atoms with Crippen molar-refractivity contribution in [3.05, 3.63) is 52.9 Å². The van der Waals surface area contributed by atoms with Gasteiger partial charge in [-0.05, 0) is 36.0 Å². The maximum absolute atomic E-state index is 13.9. The Morgan fingerprint density at radius 3 is 2.81 bits per heavy atom. The quantitative estimate of drug-likeness (QED) is 0.508. The maximum atomic E-state index is 13.9. The molecule has 1 N–H and O–H groups in total. The number of aromatic nitrogens is 4. The fourth-order valence-corrected chi connectivity index (χ4v) is 3.26. The minimum atomic E-state index is -3.70.